The van der Waals surface area contributed by atoms with Crippen LogP contribution in [0.4, 0.5) is 0 Å². The molecule has 0 spiro atoms. The standard InChI is InChI=1S/C11H11BrN2/c12-7-2-1-4-9-5-3-6-11-10(9)8-13-14-11/h1,3-6,8H,2,7H2,(H,13,14). The summed E-state index contributed by atoms with van der Waals surface area (Å²) in [6.07, 6.45) is 7.22. The molecular formula is C11H11BrN2. The number of aromatic nitrogens is 2. The number of nitrogens with one attached hydrogen (secondary N) is 1. The first-order valence-electron chi connectivity index (χ1n) is 4.56. The topological polar surface area (TPSA) is 28.7 Å². The summed E-state index contributed by atoms with van der Waals surface area (Å²) in [5.74, 6) is 0. The van der Waals surface area contributed by atoms with Crippen LogP contribution in [-0.4, -0.2) is 15.5 Å². The fourth-order valence-corrected chi connectivity index (χ4v) is 1.67. The van der Waals surface area contributed by atoms with E-state index >= 15 is 0 Å². The number of H-pyrrole nitrogens is 1. The number of fused-ring (bicyclic) bond motifs is 1. The highest BCUT2D eigenvalue weighted by Crippen LogP contribution is 2.17. The second-order valence-electron chi connectivity index (χ2n) is 3.06. The fourth-order valence-electron chi connectivity index (χ4n) is 1.41. The van der Waals surface area contributed by atoms with E-state index in [0.717, 1.165) is 17.3 Å². The van der Waals surface area contributed by atoms with Gasteiger partial charge in [0, 0.05) is 10.7 Å². The molecule has 2 aromatic rings. The quantitative estimate of drug-likeness (QED) is 0.832. The number of hydrogen-bond donors (Lipinski definition) is 1. The molecule has 1 heterocycles. The monoisotopic (exact) mass is 250 g/mol. The van der Waals surface area contributed by atoms with Crippen LogP contribution in [0.1, 0.15) is 12.0 Å². The Hall–Kier alpha value is -1.09. The van der Waals surface area contributed by atoms with Crippen molar-refractivity contribution in [2.24, 2.45) is 0 Å². The van der Waals surface area contributed by atoms with Gasteiger partial charge in [0.15, 0.2) is 0 Å². The third-order valence-corrected chi connectivity index (χ3v) is 2.55. The van der Waals surface area contributed by atoms with Crippen LogP contribution in [0.15, 0.2) is 30.5 Å². The van der Waals surface area contributed by atoms with Crippen molar-refractivity contribution in [1.82, 2.24) is 10.2 Å². The lowest BCUT2D eigenvalue weighted by Gasteiger charge is -1.94. The third kappa shape index (κ3) is 1.87. The van der Waals surface area contributed by atoms with E-state index in [1.807, 2.05) is 18.3 Å². The Morgan fingerprint density at radius 2 is 2.36 bits per heavy atom. The molecule has 2 rings (SSSR count). The summed E-state index contributed by atoms with van der Waals surface area (Å²) in [6.45, 7) is 0. The molecule has 14 heavy (non-hydrogen) atoms. The van der Waals surface area contributed by atoms with Gasteiger partial charge in [-0.2, -0.15) is 5.10 Å². The van der Waals surface area contributed by atoms with Crippen molar-refractivity contribution in [3.8, 4) is 0 Å². The number of hydrogen-bond acceptors (Lipinski definition) is 1. The van der Waals surface area contributed by atoms with E-state index in [2.05, 4.69) is 44.3 Å². The second kappa shape index (κ2) is 4.42. The van der Waals surface area contributed by atoms with Crippen LogP contribution in [0.25, 0.3) is 17.0 Å². The molecule has 0 saturated carbocycles. The fraction of sp³-hybridized carbons (Fsp3) is 0.182. The average molecular weight is 251 g/mol. The van der Waals surface area contributed by atoms with E-state index in [4.69, 9.17) is 0 Å². The molecule has 0 radical (unpaired) electrons. The molecule has 0 bridgehead atoms. The minimum absolute atomic E-state index is 1.00. The Morgan fingerprint density at radius 3 is 3.21 bits per heavy atom. The number of halogens is 1. The molecule has 0 unspecified atom stereocenters. The van der Waals surface area contributed by atoms with Crippen molar-refractivity contribution in [3.05, 3.63) is 36.0 Å². The van der Waals surface area contributed by atoms with E-state index in [0.29, 0.717) is 0 Å². The first-order valence-corrected chi connectivity index (χ1v) is 5.68. The maximum atomic E-state index is 4.02. The molecular weight excluding hydrogens is 240 g/mol. The summed E-state index contributed by atoms with van der Waals surface area (Å²) in [5.41, 5.74) is 2.31. The molecule has 0 aliphatic heterocycles. The first-order chi connectivity index (χ1) is 6.92. The zero-order valence-electron chi connectivity index (χ0n) is 7.70. The van der Waals surface area contributed by atoms with Gasteiger partial charge in [-0.25, -0.2) is 0 Å². The summed E-state index contributed by atoms with van der Waals surface area (Å²) in [7, 11) is 0. The summed E-state index contributed by atoms with van der Waals surface area (Å²) in [5, 5.41) is 9.16. The van der Waals surface area contributed by atoms with Crippen molar-refractivity contribution in [2.45, 2.75) is 6.42 Å². The SMILES string of the molecule is BrCCC=Cc1cccc2[nH]ncc12. The van der Waals surface area contributed by atoms with Crippen molar-refractivity contribution >= 4 is 32.9 Å². The van der Waals surface area contributed by atoms with Gasteiger partial charge in [-0.1, -0.05) is 40.2 Å². The van der Waals surface area contributed by atoms with Gasteiger partial charge in [-0.3, -0.25) is 5.10 Å². The molecule has 1 aromatic heterocycles. The molecule has 0 saturated heterocycles. The lowest BCUT2D eigenvalue weighted by atomic mass is 10.1. The maximum absolute atomic E-state index is 4.02. The molecule has 3 heteroatoms. The summed E-state index contributed by atoms with van der Waals surface area (Å²) < 4.78 is 0. The van der Waals surface area contributed by atoms with Gasteiger partial charge < -0.3 is 0 Å². The van der Waals surface area contributed by atoms with Gasteiger partial charge in [-0.05, 0) is 18.1 Å². The van der Waals surface area contributed by atoms with Gasteiger partial charge in [0.2, 0.25) is 0 Å². The highest BCUT2D eigenvalue weighted by atomic mass is 79.9. The first kappa shape index (κ1) is 9.46. The maximum Gasteiger partial charge on any atom is 0.0656 e. The summed E-state index contributed by atoms with van der Waals surface area (Å²) in [6, 6.07) is 6.17. The molecule has 0 fully saturated rings. The Kier molecular flexibility index (Phi) is 2.99. The molecule has 1 N–H and O–H groups in total. The van der Waals surface area contributed by atoms with E-state index in [1.165, 1.54) is 10.9 Å². The van der Waals surface area contributed by atoms with Gasteiger partial charge in [0.05, 0.1) is 11.7 Å². The minimum atomic E-state index is 1.00. The minimum Gasteiger partial charge on any atom is -0.278 e. The molecule has 0 aliphatic rings. The largest absolute Gasteiger partial charge is 0.278 e. The Morgan fingerprint density at radius 1 is 1.43 bits per heavy atom. The molecule has 0 aliphatic carbocycles. The second-order valence-corrected chi connectivity index (χ2v) is 3.85. The average Bonchev–Trinajstić information content (AvgIpc) is 2.67. The van der Waals surface area contributed by atoms with Crippen molar-refractivity contribution < 1.29 is 0 Å². The normalized spacial score (nSPS) is 11.5. The lowest BCUT2D eigenvalue weighted by molar-refractivity contribution is 1.12. The van der Waals surface area contributed by atoms with Crippen LogP contribution < -0.4 is 0 Å². The van der Waals surface area contributed by atoms with Gasteiger partial charge in [-0.15, -0.1) is 0 Å². The van der Waals surface area contributed by atoms with E-state index in [9.17, 15) is 0 Å². The van der Waals surface area contributed by atoms with E-state index in [-0.39, 0.29) is 0 Å². The number of rotatable bonds is 3. The van der Waals surface area contributed by atoms with Crippen molar-refractivity contribution in [2.75, 3.05) is 5.33 Å². The number of benzene rings is 1. The molecule has 72 valence electrons. The van der Waals surface area contributed by atoms with E-state index in [1.54, 1.807) is 0 Å². The molecule has 1 aromatic carbocycles. The zero-order chi connectivity index (χ0) is 9.80. The number of nitrogens with zero attached hydrogens (tertiary/aromatic N) is 1. The lowest BCUT2D eigenvalue weighted by Crippen LogP contribution is -1.74. The van der Waals surface area contributed by atoms with Crippen molar-refractivity contribution in [1.29, 1.82) is 0 Å². The summed E-state index contributed by atoms with van der Waals surface area (Å²) >= 11 is 3.40. The van der Waals surface area contributed by atoms with E-state index < -0.39 is 0 Å². The van der Waals surface area contributed by atoms with Crippen LogP contribution >= 0.6 is 15.9 Å². The van der Waals surface area contributed by atoms with Crippen LogP contribution in [0, 0.1) is 0 Å². The smallest absolute Gasteiger partial charge is 0.0656 e. The van der Waals surface area contributed by atoms with Crippen LogP contribution in [0.2, 0.25) is 0 Å². The van der Waals surface area contributed by atoms with Gasteiger partial charge in [0.25, 0.3) is 0 Å². The molecule has 0 amide bonds. The Bertz CT molecular complexity index is 445. The molecule has 0 atom stereocenters. The van der Waals surface area contributed by atoms with Crippen LogP contribution in [-0.2, 0) is 0 Å². The number of aromatic amines is 1. The number of alkyl halides is 1. The highest BCUT2D eigenvalue weighted by Gasteiger charge is 1.97. The number of allylic oxidation sites excluding steroid dienone is 1. The van der Waals surface area contributed by atoms with Crippen LogP contribution in [0.5, 0.6) is 0 Å². The summed E-state index contributed by atoms with van der Waals surface area (Å²) in [4.78, 5) is 0. The zero-order valence-corrected chi connectivity index (χ0v) is 9.29. The Balaban J connectivity index is 2.36. The third-order valence-electron chi connectivity index (χ3n) is 2.09. The highest BCUT2D eigenvalue weighted by molar-refractivity contribution is 9.09. The van der Waals surface area contributed by atoms with Gasteiger partial charge in [0.1, 0.15) is 0 Å². The van der Waals surface area contributed by atoms with Crippen molar-refractivity contribution in [3.63, 3.8) is 0 Å². The van der Waals surface area contributed by atoms with Gasteiger partial charge >= 0.3 is 0 Å². The predicted molar refractivity (Wildman–Crippen MR) is 63.5 cm³/mol. The van der Waals surface area contributed by atoms with Crippen LogP contribution in [0.3, 0.4) is 0 Å². The predicted octanol–water partition coefficient (Wildman–Crippen LogP) is 3.36. The Labute approximate surface area is 91.1 Å². The molecule has 2 nitrogen and oxygen atoms in total.